The molecule has 0 radical (unpaired) electrons. The van der Waals surface area contributed by atoms with Crippen molar-refractivity contribution >= 4 is 11.8 Å². The molecule has 0 aliphatic carbocycles. The lowest BCUT2D eigenvalue weighted by Gasteiger charge is -2.01. The molecule has 1 aromatic rings. The van der Waals surface area contributed by atoms with E-state index in [-0.39, 0.29) is 6.61 Å². The van der Waals surface area contributed by atoms with Crippen molar-refractivity contribution in [2.24, 2.45) is 7.05 Å². The normalized spacial score (nSPS) is 9.64. The predicted octanol–water partition coefficient (Wildman–Crippen LogP) is 1.42. The van der Waals surface area contributed by atoms with Gasteiger partial charge in [-0.25, -0.2) is 4.98 Å². The van der Waals surface area contributed by atoms with Gasteiger partial charge < -0.3 is 9.67 Å². The maximum absolute atomic E-state index is 8.95. The second-order valence-electron chi connectivity index (χ2n) is 2.77. The lowest BCUT2D eigenvalue weighted by Crippen LogP contribution is -1.97. The highest BCUT2D eigenvalue weighted by atomic mass is 32.2. The summed E-state index contributed by atoms with van der Waals surface area (Å²) in [6, 6.07) is 0. The molecule has 0 unspecified atom stereocenters. The molecule has 0 saturated heterocycles. The Labute approximate surface area is 88.5 Å². The first-order valence-corrected chi connectivity index (χ1v) is 5.42. The Bertz CT molecular complexity index is 349. The smallest absolute Gasteiger partial charge is 0.167 e. The van der Waals surface area contributed by atoms with Crippen LogP contribution >= 0.6 is 11.8 Å². The van der Waals surface area contributed by atoms with Crippen LogP contribution in [0.1, 0.15) is 19.0 Å². The average Bonchev–Trinajstić information content (AvgIpc) is 2.55. The highest BCUT2D eigenvalue weighted by Crippen LogP contribution is 2.17. The summed E-state index contributed by atoms with van der Waals surface area (Å²) in [5.74, 6) is 6.80. The summed E-state index contributed by atoms with van der Waals surface area (Å²) in [4.78, 5) is 4.20. The van der Waals surface area contributed by atoms with Crippen molar-refractivity contribution in [2.75, 3.05) is 5.75 Å². The first kappa shape index (κ1) is 11.2. The number of aliphatic hydroxyl groups excluding tert-OH is 1. The van der Waals surface area contributed by atoms with Crippen LogP contribution in [0.15, 0.2) is 11.4 Å². The summed E-state index contributed by atoms with van der Waals surface area (Å²) in [7, 11) is 1.91. The molecule has 1 rings (SSSR count). The number of hydrogen-bond donors (Lipinski definition) is 1. The highest BCUT2D eigenvalue weighted by Gasteiger charge is 2.04. The second kappa shape index (κ2) is 5.74. The van der Waals surface area contributed by atoms with Gasteiger partial charge in [0.25, 0.3) is 0 Å². The van der Waals surface area contributed by atoms with Crippen molar-refractivity contribution in [2.45, 2.75) is 25.1 Å². The van der Waals surface area contributed by atoms with Crippen LogP contribution in [0.2, 0.25) is 0 Å². The average molecular weight is 210 g/mol. The van der Waals surface area contributed by atoms with Crippen LogP contribution in [0.5, 0.6) is 0 Å². The first-order chi connectivity index (χ1) is 6.79. The predicted molar refractivity (Wildman–Crippen MR) is 57.9 cm³/mol. The van der Waals surface area contributed by atoms with Crippen LogP contribution in [0.4, 0.5) is 0 Å². The quantitative estimate of drug-likeness (QED) is 0.464. The number of nitrogens with zero attached hydrogens (tertiary/aromatic N) is 2. The lowest BCUT2D eigenvalue weighted by atomic mass is 10.5. The van der Waals surface area contributed by atoms with Crippen molar-refractivity contribution < 1.29 is 5.11 Å². The molecular formula is C10H14N2OS. The van der Waals surface area contributed by atoms with Crippen LogP contribution in [0, 0.1) is 11.8 Å². The largest absolute Gasteiger partial charge is 0.390 e. The Hall–Kier alpha value is -0.920. The van der Waals surface area contributed by atoms with Crippen molar-refractivity contribution in [3.05, 3.63) is 11.9 Å². The molecule has 1 aromatic heterocycles. The molecule has 0 bridgehead atoms. The van der Waals surface area contributed by atoms with E-state index in [4.69, 9.17) is 5.11 Å². The SMILES string of the molecule is CC#CCCSc1ncc(CO)n1C. The standard InChI is InChI=1S/C10H14N2OS/c1-3-4-5-6-14-10-11-7-9(8-13)12(10)2/h7,13H,5-6,8H2,1-2H3. The number of rotatable bonds is 4. The molecular weight excluding hydrogens is 196 g/mol. The fraction of sp³-hybridized carbons (Fsp3) is 0.500. The van der Waals surface area contributed by atoms with Gasteiger partial charge in [0.05, 0.1) is 18.5 Å². The molecule has 0 fully saturated rings. The third-order valence-electron chi connectivity index (χ3n) is 1.84. The molecule has 1 N–H and O–H groups in total. The minimum atomic E-state index is 0.0405. The third-order valence-corrected chi connectivity index (χ3v) is 2.88. The fourth-order valence-electron chi connectivity index (χ4n) is 1.03. The van der Waals surface area contributed by atoms with E-state index in [9.17, 15) is 0 Å². The zero-order valence-electron chi connectivity index (χ0n) is 8.45. The van der Waals surface area contributed by atoms with Crippen LogP contribution in [0.3, 0.4) is 0 Å². The Balaban J connectivity index is 2.49. The highest BCUT2D eigenvalue weighted by molar-refractivity contribution is 7.99. The Morgan fingerprint density at radius 1 is 1.64 bits per heavy atom. The molecule has 0 aromatic carbocycles. The van der Waals surface area contributed by atoms with E-state index in [0.717, 1.165) is 23.0 Å². The molecule has 0 aliphatic rings. The van der Waals surface area contributed by atoms with Gasteiger partial charge in [0.2, 0.25) is 0 Å². The van der Waals surface area contributed by atoms with E-state index in [2.05, 4.69) is 16.8 Å². The summed E-state index contributed by atoms with van der Waals surface area (Å²) in [5.41, 5.74) is 0.842. The van der Waals surface area contributed by atoms with Gasteiger partial charge in [-0.2, -0.15) is 0 Å². The van der Waals surface area contributed by atoms with Crippen LogP contribution in [0.25, 0.3) is 0 Å². The summed E-state index contributed by atoms with van der Waals surface area (Å²) >= 11 is 1.66. The van der Waals surface area contributed by atoms with Gasteiger partial charge in [-0.1, -0.05) is 11.8 Å². The molecule has 0 spiro atoms. The summed E-state index contributed by atoms with van der Waals surface area (Å²) in [5, 5.41) is 9.89. The van der Waals surface area contributed by atoms with Crippen molar-refractivity contribution in [3.8, 4) is 11.8 Å². The molecule has 0 atom stereocenters. The first-order valence-electron chi connectivity index (χ1n) is 4.43. The van der Waals surface area contributed by atoms with Crippen LogP contribution in [-0.4, -0.2) is 20.4 Å². The second-order valence-corrected chi connectivity index (χ2v) is 3.84. The maximum atomic E-state index is 8.95. The summed E-state index contributed by atoms with van der Waals surface area (Å²) in [6.07, 6.45) is 2.58. The van der Waals surface area contributed by atoms with Crippen LogP contribution < -0.4 is 0 Å². The van der Waals surface area contributed by atoms with E-state index in [1.807, 2.05) is 18.5 Å². The number of aromatic nitrogens is 2. The topological polar surface area (TPSA) is 38.1 Å². The molecule has 76 valence electrons. The number of imidazole rings is 1. The molecule has 4 heteroatoms. The van der Waals surface area contributed by atoms with Gasteiger partial charge in [-0.05, 0) is 6.92 Å². The van der Waals surface area contributed by atoms with E-state index >= 15 is 0 Å². The van der Waals surface area contributed by atoms with Crippen molar-refractivity contribution in [3.63, 3.8) is 0 Å². The minimum Gasteiger partial charge on any atom is -0.390 e. The lowest BCUT2D eigenvalue weighted by molar-refractivity contribution is 0.271. The maximum Gasteiger partial charge on any atom is 0.167 e. The fourth-order valence-corrected chi connectivity index (χ4v) is 1.85. The molecule has 3 nitrogen and oxygen atoms in total. The molecule has 0 aliphatic heterocycles. The Morgan fingerprint density at radius 3 is 3.00 bits per heavy atom. The van der Waals surface area contributed by atoms with E-state index in [1.54, 1.807) is 18.0 Å². The van der Waals surface area contributed by atoms with Crippen molar-refractivity contribution in [1.82, 2.24) is 9.55 Å². The van der Waals surface area contributed by atoms with Gasteiger partial charge in [0, 0.05) is 19.2 Å². The number of hydrogen-bond acceptors (Lipinski definition) is 3. The summed E-state index contributed by atoms with van der Waals surface area (Å²) in [6.45, 7) is 1.88. The minimum absolute atomic E-state index is 0.0405. The number of aliphatic hydroxyl groups is 1. The van der Waals surface area contributed by atoms with E-state index < -0.39 is 0 Å². The van der Waals surface area contributed by atoms with Gasteiger partial charge >= 0.3 is 0 Å². The Kier molecular flexibility index (Phi) is 4.57. The Morgan fingerprint density at radius 2 is 2.43 bits per heavy atom. The van der Waals surface area contributed by atoms with Gasteiger partial charge in [0.15, 0.2) is 5.16 Å². The van der Waals surface area contributed by atoms with Gasteiger partial charge in [0.1, 0.15) is 0 Å². The molecule has 0 saturated carbocycles. The van der Waals surface area contributed by atoms with Crippen LogP contribution in [-0.2, 0) is 13.7 Å². The van der Waals surface area contributed by atoms with Gasteiger partial charge in [-0.15, -0.1) is 11.8 Å². The molecule has 14 heavy (non-hydrogen) atoms. The third kappa shape index (κ3) is 2.79. The summed E-state index contributed by atoms with van der Waals surface area (Å²) < 4.78 is 1.91. The van der Waals surface area contributed by atoms with Gasteiger partial charge in [-0.3, -0.25) is 0 Å². The van der Waals surface area contributed by atoms with Crippen molar-refractivity contribution in [1.29, 1.82) is 0 Å². The molecule has 1 heterocycles. The zero-order chi connectivity index (χ0) is 10.4. The monoisotopic (exact) mass is 210 g/mol. The van der Waals surface area contributed by atoms with E-state index in [1.165, 1.54) is 0 Å². The number of thioether (sulfide) groups is 1. The van der Waals surface area contributed by atoms with E-state index in [0.29, 0.717) is 0 Å². The zero-order valence-corrected chi connectivity index (χ0v) is 9.27. The molecule has 0 amide bonds.